The van der Waals surface area contributed by atoms with Crippen molar-refractivity contribution in [1.29, 1.82) is 0 Å². The Labute approximate surface area is 74.9 Å². The molecule has 0 aromatic heterocycles. The third-order valence-corrected chi connectivity index (χ3v) is 2.38. The van der Waals surface area contributed by atoms with E-state index in [4.69, 9.17) is 0 Å². The maximum Gasteiger partial charge on any atom is 0.0294 e. The van der Waals surface area contributed by atoms with Gasteiger partial charge in [0.2, 0.25) is 0 Å². The first kappa shape index (κ1) is 9.27. The van der Waals surface area contributed by atoms with Gasteiger partial charge in [-0.3, -0.25) is 0 Å². The number of hydrogen-bond acceptors (Lipinski definition) is 1. The molecule has 0 aromatic rings. The van der Waals surface area contributed by atoms with Gasteiger partial charge in [0.05, 0.1) is 0 Å². The van der Waals surface area contributed by atoms with Crippen LogP contribution in [0, 0.1) is 0 Å². The van der Waals surface area contributed by atoms with Crippen molar-refractivity contribution in [1.82, 2.24) is 5.32 Å². The lowest BCUT2D eigenvalue weighted by Gasteiger charge is -2.25. The molecule has 0 amide bonds. The quantitative estimate of drug-likeness (QED) is 0.659. The predicted octanol–water partition coefficient (Wildman–Crippen LogP) is 2.43. The van der Waals surface area contributed by atoms with Gasteiger partial charge in [0.15, 0.2) is 0 Å². The number of nitrogens with one attached hydrogen (secondary N) is 1. The molecule has 0 saturated carbocycles. The highest BCUT2D eigenvalue weighted by atomic mass is 14.9. The first-order chi connectivity index (χ1) is 5.66. The van der Waals surface area contributed by atoms with E-state index in [1.807, 2.05) is 6.08 Å². The normalized spacial score (nSPS) is 24.0. The van der Waals surface area contributed by atoms with E-state index in [1.54, 1.807) is 0 Å². The minimum Gasteiger partial charge on any atom is -0.310 e. The van der Waals surface area contributed by atoms with Gasteiger partial charge in [0.25, 0.3) is 0 Å². The van der Waals surface area contributed by atoms with E-state index >= 15 is 0 Å². The van der Waals surface area contributed by atoms with Gasteiger partial charge >= 0.3 is 0 Å². The van der Waals surface area contributed by atoms with Crippen molar-refractivity contribution in [3.63, 3.8) is 0 Å². The Morgan fingerprint density at radius 3 is 2.75 bits per heavy atom. The van der Waals surface area contributed by atoms with Gasteiger partial charge in [-0.15, -0.1) is 0 Å². The topological polar surface area (TPSA) is 12.0 Å². The van der Waals surface area contributed by atoms with Gasteiger partial charge in [-0.25, -0.2) is 0 Å². The van der Waals surface area contributed by atoms with Crippen molar-refractivity contribution in [2.24, 2.45) is 0 Å². The lowest BCUT2D eigenvalue weighted by Crippen LogP contribution is -2.33. The van der Waals surface area contributed by atoms with Crippen LogP contribution in [0.1, 0.15) is 20.3 Å². The highest BCUT2D eigenvalue weighted by Crippen LogP contribution is 2.23. The van der Waals surface area contributed by atoms with E-state index in [9.17, 15) is 0 Å². The Hall–Kier alpha value is -0.820. The van der Waals surface area contributed by atoms with Crippen LogP contribution in [-0.2, 0) is 0 Å². The Balaban J connectivity index is 3.02. The van der Waals surface area contributed by atoms with E-state index in [1.165, 1.54) is 16.7 Å². The molecule has 0 aliphatic carbocycles. The fraction of sp³-hybridized carbons (Fsp3) is 0.455. The highest BCUT2D eigenvalue weighted by molar-refractivity contribution is 5.41. The van der Waals surface area contributed by atoms with Crippen molar-refractivity contribution in [3.8, 4) is 0 Å². The summed E-state index contributed by atoms with van der Waals surface area (Å²) < 4.78 is 0. The van der Waals surface area contributed by atoms with E-state index in [0.717, 1.165) is 13.0 Å². The van der Waals surface area contributed by atoms with Crippen molar-refractivity contribution < 1.29 is 0 Å². The van der Waals surface area contributed by atoms with Gasteiger partial charge in [-0.2, -0.15) is 0 Å². The molecule has 0 aromatic carbocycles. The highest BCUT2D eigenvalue weighted by Gasteiger charge is 2.16. The first-order valence-electron chi connectivity index (χ1n) is 4.41. The van der Waals surface area contributed by atoms with Crippen LogP contribution in [0.15, 0.2) is 36.0 Å². The Morgan fingerprint density at radius 2 is 2.33 bits per heavy atom. The van der Waals surface area contributed by atoms with Crippen LogP contribution in [0.5, 0.6) is 0 Å². The van der Waals surface area contributed by atoms with Crippen molar-refractivity contribution >= 4 is 0 Å². The van der Waals surface area contributed by atoms with Crippen LogP contribution in [0.4, 0.5) is 0 Å². The van der Waals surface area contributed by atoms with Gasteiger partial charge in [0, 0.05) is 6.04 Å². The van der Waals surface area contributed by atoms with Crippen LogP contribution in [-0.4, -0.2) is 12.6 Å². The maximum absolute atomic E-state index is 3.98. The zero-order valence-electron chi connectivity index (χ0n) is 7.98. The van der Waals surface area contributed by atoms with Gasteiger partial charge in [0.1, 0.15) is 0 Å². The van der Waals surface area contributed by atoms with Crippen molar-refractivity contribution in [2.45, 2.75) is 26.3 Å². The molecule has 1 heteroatoms. The lowest BCUT2D eigenvalue weighted by atomic mass is 9.91. The molecule has 0 bridgehead atoms. The number of rotatable bonds is 2. The van der Waals surface area contributed by atoms with Crippen molar-refractivity contribution in [3.05, 3.63) is 36.0 Å². The van der Waals surface area contributed by atoms with Crippen LogP contribution in [0.25, 0.3) is 0 Å². The first-order valence-corrected chi connectivity index (χ1v) is 4.41. The number of allylic oxidation sites excluding steroid dienone is 1. The monoisotopic (exact) mass is 163 g/mol. The smallest absolute Gasteiger partial charge is 0.0294 e. The molecule has 1 N–H and O–H groups in total. The van der Waals surface area contributed by atoms with Crippen LogP contribution < -0.4 is 5.32 Å². The van der Waals surface area contributed by atoms with E-state index < -0.39 is 0 Å². The third-order valence-electron chi connectivity index (χ3n) is 2.38. The van der Waals surface area contributed by atoms with Crippen LogP contribution in [0.3, 0.4) is 0 Å². The summed E-state index contributed by atoms with van der Waals surface area (Å²) in [5.74, 6) is 0. The molecule has 1 nitrogen and oxygen atoms in total. The van der Waals surface area contributed by atoms with E-state index in [-0.39, 0.29) is 0 Å². The molecule has 1 aliphatic rings. The second-order valence-electron chi connectivity index (χ2n) is 3.34. The standard InChI is InChI=1S/C11H17N/c1-5-10-9(4)12-7-6-11(10)8(2)3/h5,9,12H,1-2,6-7H2,3-4H3. The lowest BCUT2D eigenvalue weighted by molar-refractivity contribution is 0.580. The van der Waals surface area contributed by atoms with Crippen LogP contribution in [0.2, 0.25) is 0 Å². The summed E-state index contributed by atoms with van der Waals surface area (Å²) in [6.45, 7) is 13.1. The second kappa shape index (κ2) is 3.72. The summed E-state index contributed by atoms with van der Waals surface area (Å²) >= 11 is 0. The molecule has 0 radical (unpaired) electrons. The molecule has 0 spiro atoms. The summed E-state index contributed by atoms with van der Waals surface area (Å²) in [5, 5.41) is 3.40. The Bertz CT molecular complexity index is 235. The maximum atomic E-state index is 3.98. The van der Waals surface area contributed by atoms with E-state index in [2.05, 4.69) is 32.3 Å². The molecule has 1 atom stereocenters. The molecule has 0 saturated heterocycles. The molecule has 12 heavy (non-hydrogen) atoms. The molecule has 1 heterocycles. The Kier molecular flexibility index (Phi) is 2.88. The molecule has 1 rings (SSSR count). The molecule has 66 valence electrons. The van der Waals surface area contributed by atoms with Crippen LogP contribution >= 0.6 is 0 Å². The SMILES string of the molecule is C=CC1=C(C(=C)C)CCNC1C. The molecule has 1 unspecified atom stereocenters. The van der Waals surface area contributed by atoms with E-state index in [0.29, 0.717) is 6.04 Å². The van der Waals surface area contributed by atoms with Gasteiger partial charge in [-0.05, 0) is 38.0 Å². The zero-order valence-corrected chi connectivity index (χ0v) is 7.98. The van der Waals surface area contributed by atoms with Gasteiger partial charge < -0.3 is 5.32 Å². The number of hydrogen-bond donors (Lipinski definition) is 1. The predicted molar refractivity (Wildman–Crippen MR) is 54.1 cm³/mol. The molecular formula is C11H17N. The summed E-state index contributed by atoms with van der Waals surface area (Å²) in [7, 11) is 0. The average molecular weight is 163 g/mol. The summed E-state index contributed by atoms with van der Waals surface area (Å²) in [6, 6.07) is 0.433. The molecule has 1 aliphatic heterocycles. The average Bonchev–Trinajstić information content (AvgIpc) is 2.03. The second-order valence-corrected chi connectivity index (χ2v) is 3.34. The Morgan fingerprint density at radius 1 is 1.67 bits per heavy atom. The molecule has 0 fully saturated rings. The summed E-state index contributed by atoms with van der Waals surface area (Å²) in [6.07, 6.45) is 3.03. The van der Waals surface area contributed by atoms with Crippen molar-refractivity contribution in [2.75, 3.05) is 6.54 Å². The van der Waals surface area contributed by atoms with Gasteiger partial charge in [-0.1, -0.05) is 24.8 Å². The minimum atomic E-state index is 0.433. The fourth-order valence-electron chi connectivity index (χ4n) is 1.69. The summed E-state index contributed by atoms with van der Waals surface area (Å²) in [5.41, 5.74) is 3.88. The summed E-state index contributed by atoms with van der Waals surface area (Å²) in [4.78, 5) is 0. The minimum absolute atomic E-state index is 0.433. The molecular weight excluding hydrogens is 146 g/mol. The fourth-order valence-corrected chi connectivity index (χ4v) is 1.69. The third kappa shape index (κ3) is 1.67. The largest absolute Gasteiger partial charge is 0.310 e. The zero-order chi connectivity index (χ0) is 9.14.